The van der Waals surface area contributed by atoms with E-state index in [0.717, 1.165) is 11.3 Å². The fraction of sp³-hybridized carbons (Fsp3) is 0.538. The zero-order chi connectivity index (χ0) is 12.1. The van der Waals surface area contributed by atoms with Crippen LogP contribution in [0.5, 0.6) is 0 Å². The Labute approximate surface area is 103 Å². The third-order valence-electron chi connectivity index (χ3n) is 2.85. The average molecular weight is 239 g/mol. The van der Waals surface area contributed by atoms with Crippen LogP contribution in [0.2, 0.25) is 0 Å². The van der Waals surface area contributed by atoms with Gasteiger partial charge in [0.15, 0.2) is 0 Å². The van der Waals surface area contributed by atoms with Crippen molar-refractivity contribution in [3.8, 4) is 0 Å². The number of hydrogen-bond donors (Lipinski definition) is 1. The summed E-state index contributed by atoms with van der Waals surface area (Å²) in [6.45, 7) is 4.01. The summed E-state index contributed by atoms with van der Waals surface area (Å²) in [5, 5.41) is 9.43. The van der Waals surface area contributed by atoms with Gasteiger partial charge in [-0.1, -0.05) is 12.1 Å². The fourth-order valence-electron chi connectivity index (χ4n) is 1.60. The monoisotopic (exact) mass is 239 g/mol. The summed E-state index contributed by atoms with van der Waals surface area (Å²) in [4.78, 5) is 2.27. The summed E-state index contributed by atoms with van der Waals surface area (Å²) in [7, 11) is 2.11. The molecule has 1 N–H and O–H groups in total. The van der Waals surface area contributed by atoms with Gasteiger partial charge in [-0.2, -0.15) is 11.8 Å². The number of rotatable bonds is 5. The summed E-state index contributed by atoms with van der Waals surface area (Å²) in [6, 6.07) is 8.63. The van der Waals surface area contributed by atoms with Gasteiger partial charge in [0.1, 0.15) is 0 Å². The van der Waals surface area contributed by atoms with E-state index in [2.05, 4.69) is 37.3 Å². The van der Waals surface area contributed by atoms with Crippen LogP contribution in [-0.2, 0) is 0 Å². The lowest BCUT2D eigenvalue weighted by Gasteiger charge is -2.26. The van der Waals surface area contributed by atoms with Crippen LogP contribution in [0.25, 0.3) is 0 Å². The van der Waals surface area contributed by atoms with Gasteiger partial charge in [0.05, 0.1) is 6.10 Å². The molecule has 0 spiro atoms. The van der Waals surface area contributed by atoms with E-state index in [4.69, 9.17) is 0 Å². The molecule has 0 bridgehead atoms. The first-order chi connectivity index (χ1) is 7.56. The van der Waals surface area contributed by atoms with Crippen molar-refractivity contribution >= 4 is 17.4 Å². The van der Waals surface area contributed by atoms with E-state index < -0.39 is 0 Å². The molecule has 0 heterocycles. The van der Waals surface area contributed by atoms with Crippen molar-refractivity contribution in [2.45, 2.75) is 26.0 Å². The Balaban J connectivity index is 2.73. The van der Waals surface area contributed by atoms with Gasteiger partial charge in [0, 0.05) is 24.5 Å². The van der Waals surface area contributed by atoms with Crippen molar-refractivity contribution in [2.24, 2.45) is 0 Å². The van der Waals surface area contributed by atoms with Gasteiger partial charge in [-0.05, 0) is 37.8 Å². The van der Waals surface area contributed by atoms with Gasteiger partial charge in [-0.15, -0.1) is 0 Å². The number of anilines is 1. The SMILES string of the molecule is CSCC(C)N(C)c1ccc([C@H](C)O)cc1. The van der Waals surface area contributed by atoms with Crippen LogP contribution in [0.15, 0.2) is 24.3 Å². The Morgan fingerprint density at radius 1 is 1.25 bits per heavy atom. The van der Waals surface area contributed by atoms with Gasteiger partial charge < -0.3 is 10.0 Å². The minimum atomic E-state index is -0.386. The molecule has 0 radical (unpaired) electrons. The molecule has 16 heavy (non-hydrogen) atoms. The quantitative estimate of drug-likeness (QED) is 0.854. The van der Waals surface area contributed by atoms with Crippen molar-refractivity contribution < 1.29 is 5.11 Å². The number of aliphatic hydroxyl groups is 1. The fourth-order valence-corrected chi connectivity index (χ4v) is 2.30. The highest BCUT2D eigenvalue weighted by Crippen LogP contribution is 2.20. The Kier molecular flexibility index (Phi) is 5.16. The second-order valence-electron chi connectivity index (χ2n) is 4.18. The molecule has 0 aliphatic carbocycles. The highest BCUT2D eigenvalue weighted by Gasteiger charge is 2.09. The number of hydrogen-bond acceptors (Lipinski definition) is 3. The maximum Gasteiger partial charge on any atom is 0.0761 e. The van der Waals surface area contributed by atoms with Crippen molar-refractivity contribution in [1.82, 2.24) is 0 Å². The standard InChI is InChI=1S/C13H21NOS/c1-10(9-16-4)14(3)13-7-5-12(6-8-13)11(2)15/h5-8,10-11,15H,9H2,1-4H3/t10?,11-/m0/s1. The van der Waals surface area contributed by atoms with Crippen LogP contribution in [0.1, 0.15) is 25.5 Å². The molecule has 0 aromatic heterocycles. The Hall–Kier alpha value is -0.670. The number of nitrogens with zero attached hydrogens (tertiary/aromatic N) is 1. The molecule has 1 unspecified atom stereocenters. The molecule has 0 saturated carbocycles. The summed E-state index contributed by atoms with van der Waals surface area (Å²) in [5.41, 5.74) is 2.17. The molecule has 2 nitrogen and oxygen atoms in total. The van der Waals surface area contributed by atoms with E-state index in [1.54, 1.807) is 6.92 Å². The molecule has 0 aliphatic rings. The minimum Gasteiger partial charge on any atom is -0.389 e. The Morgan fingerprint density at radius 2 is 1.81 bits per heavy atom. The summed E-state index contributed by atoms with van der Waals surface area (Å²) in [6.07, 6.45) is 1.74. The van der Waals surface area contributed by atoms with Crippen molar-refractivity contribution in [3.63, 3.8) is 0 Å². The molecule has 0 fully saturated rings. The highest BCUT2D eigenvalue weighted by atomic mass is 32.2. The maximum atomic E-state index is 9.43. The average Bonchev–Trinajstić information content (AvgIpc) is 2.28. The van der Waals surface area contributed by atoms with Gasteiger partial charge in [0.25, 0.3) is 0 Å². The van der Waals surface area contributed by atoms with Crippen molar-refractivity contribution in [2.75, 3.05) is 24.0 Å². The van der Waals surface area contributed by atoms with Gasteiger partial charge in [0.2, 0.25) is 0 Å². The number of benzene rings is 1. The van der Waals surface area contributed by atoms with E-state index >= 15 is 0 Å². The predicted octanol–water partition coefficient (Wildman–Crippen LogP) is 2.93. The second kappa shape index (κ2) is 6.16. The van der Waals surface area contributed by atoms with Crippen LogP contribution in [0, 0.1) is 0 Å². The van der Waals surface area contributed by atoms with Crippen LogP contribution in [0.3, 0.4) is 0 Å². The topological polar surface area (TPSA) is 23.5 Å². The molecule has 0 amide bonds. The van der Waals surface area contributed by atoms with E-state index in [0.29, 0.717) is 6.04 Å². The Morgan fingerprint density at radius 3 is 2.25 bits per heavy atom. The number of aliphatic hydroxyl groups excluding tert-OH is 1. The summed E-state index contributed by atoms with van der Waals surface area (Å²) >= 11 is 1.86. The molecule has 2 atom stereocenters. The van der Waals surface area contributed by atoms with E-state index in [-0.39, 0.29) is 6.10 Å². The number of thioether (sulfide) groups is 1. The molecular weight excluding hydrogens is 218 g/mol. The van der Waals surface area contributed by atoms with Crippen LogP contribution in [-0.4, -0.2) is 30.2 Å². The predicted molar refractivity (Wildman–Crippen MR) is 73.3 cm³/mol. The zero-order valence-corrected chi connectivity index (χ0v) is 11.3. The lowest BCUT2D eigenvalue weighted by molar-refractivity contribution is 0.199. The van der Waals surface area contributed by atoms with Crippen molar-refractivity contribution in [1.29, 1.82) is 0 Å². The summed E-state index contributed by atoms with van der Waals surface area (Å²) < 4.78 is 0. The molecule has 1 aromatic rings. The summed E-state index contributed by atoms with van der Waals surface area (Å²) in [5.74, 6) is 1.12. The van der Waals surface area contributed by atoms with Crippen molar-refractivity contribution in [3.05, 3.63) is 29.8 Å². The third kappa shape index (κ3) is 3.42. The smallest absolute Gasteiger partial charge is 0.0761 e. The molecule has 1 rings (SSSR count). The van der Waals surface area contributed by atoms with E-state index in [9.17, 15) is 5.11 Å². The normalized spacial score (nSPS) is 14.6. The molecule has 90 valence electrons. The second-order valence-corrected chi connectivity index (χ2v) is 5.09. The molecule has 0 aliphatic heterocycles. The molecular formula is C13H21NOS. The first-order valence-electron chi connectivity index (χ1n) is 5.56. The van der Waals surface area contributed by atoms with Crippen LogP contribution in [0.4, 0.5) is 5.69 Å². The molecule has 0 saturated heterocycles. The van der Waals surface area contributed by atoms with Crippen LogP contribution >= 0.6 is 11.8 Å². The van der Waals surface area contributed by atoms with Gasteiger partial charge in [-0.25, -0.2) is 0 Å². The minimum absolute atomic E-state index is 0.386. The van der Waals surface area contributed by atoms with E-state index in [1.165, 1.54) is 5.69 Å². The lowest BCUT2D eigenvalue weighted by atomic mass is 10.1. The molecule has 1 aromatic carbocycles. The van der Waals surface area contributed by atoms with Crippen LogP contribution < -0.4 is 4.90 Å². The maximum absolute atomic E-state index is 9.43. The zero-order valence-electron chi connectivity index (χ0n) is 10.5. The first kappa shape index (κ1) is 13.4. The first-order valence-corrected chi connectivity index (χ1v) is 6.95. The van der Waals surface area contributed by atoms with E-state index in [1.807, 2.05) is 23.9 Å². The van der Waals surface area contributed by atoms with Gasteiger partial charge in [-0.3, -0.25) is 0 Å². The largest absolute Gasteiger partial charge is 0.389 e. The highest BCUT2D eigenvalue weighted by molar-refractivity contribution is 7.98. The Bertz CT molecular complexity index is 310. The van der Waals surface area contributed by atoms with Gasteiger partial charge >= 0.3 is 0 Å². The lowest BCUT2D eigenvalue weighted by Crippen LogP contribution is -2.30. The molecule has 3 heteroatoms. The third-order valence-corrected chi connectivity index (χ3v) is 3.67.